The average molecular weight is 427 g/mol. The van der Waals surface area contributed by atoms with Crippen LogP contribution in [0.4, 0.5) is 4.39 Å². The highest BCUT2D eigenvalue weighted by atomic mass is 127. The summed E-state index contributed by atoms with van der Waals surface area (Å²) in [5.74, 6) is 1.29. The maximum atomic E-state index is 13.8. The van der Waals surface area contributed by atoms with Crippen molar-refractivity contribution in [2.24, 2.45) is 0 Å². The van der Waals surface area contributed by atoms with Crippen LogP contribution in [-0.4, -0.2) is 26.9 Å². The highest BCUT2D eigenvalue weighted by Gasteiger charge is 2.14. The normalized spacial score (nSPS) is 13.1. The topological polar surface area (TPSA) is 17.8 Å². The number of alkyl halides is 1. The third-order valence-electron chi connectivity index (χ3n) is 3.35. The molecule has 20 heavy (non-hydrogen) atoms. The van der Waals surface area contributed by atoms with Crippen molar-refractivity contribution in [3.05, 3.63) is 27.3 Å². The van der Waals surface area contributed by atoms with Gasteiger partial charge < -0.3 is 4.57 Å². The molecule has 0 spiro atoms. The first-order valence-electron chi connectivity index (χ1n) is 6.49. The lowest BCUT2D eigenvalue weighted by Gasteiger charge is -2.12. The number of rotatable bonds is 6. The fourth-order valence-electron chi connectivity index (χ4n) is 2.12. The van der Waals surface area contributed by atoms with Gasteiger partial charge in [-0.15, -0.1) is 11.6 Å². The van der Waals surface area contributed by atoms with Crippen LogP contribution in [0.5, 0.6) is 0 Å². The monoisotopic (exact) mass is 426 g/mol. The van der Waals surface area contributed by atoms with Gasteiger partial charge in [-0.25, -0.2) is 9.37 Å². The highest BCUT2D eigenvalue weighted by molar-refractivity contribution is 14.1. The van der Waals surface area contributed by atoms with Crippen molar-refractivity contribution in [1.29, 1.82) is 0 Å². The molecule has 0 aliphatic carbocycles. The van der Waals surface area contributed by atoms with Crippen molar-refractivity contribution in [2.75, 3.05) is 12.1 Å². The van der Waals surface area contributed by atoms with Crippen LogP contribution in [0.15, 0.2) is 12.1 Å². The van der Waals surface area contributed by atoms with E-state index in [4.69, 9.17) is 11.6 Å². The summed E-state index contributed by atoms with van der Waals surface area (Å²) >= 11 is 9.70. The number of benzene rings is 1. The van der Waals surface area contributed by atoms with Gasteiger partial charge in [0.15, 0.2) is 0 Å². The molecule has 110 valence electrons. The molecule has 2 nitrogen and oxygen atoms in total. The van der Waals surface area contributed by atoms with Gasteiger partial charge in [-0.1, -0.05) is 6.92 Å². The first-order valence-corrected chi connectivity index (χ1v) is 9.39. The molecule has 2 rings (SSSR count). The van der Waals surface area contributed by atoms with Crippen molar-refractivity contribution in [3.8, 4) is 0 Å². The quantitative estimate of drug-likeness (QED) is 0.492. The van der Waals surface area contributed by atoms with Crippen molar-refractivity contribution in [2.45, 2.75) is 31.6 Å². The number of halogens is 3. The minimum absolute atomic E-state index is 0.186. The number of fused-ring (bicyclic) bond motifs is 1. The first-order chi connectivity index (χ1) is 9.56. The van der Waals surface area contributed by atoms with Crippen LogP contribution in [-0.2, 0) is 13.0 Å². The fraction of sp³-hybridized carbons (Fsp3) is 0.500. The number of nitrogens with zero attached hydrogens (tertiary/aromatic N) is 2. The molecule has 0 bridgehead atoms. The second-order valence-corrected chi connectivity index (χ2v) is 7.52. The lowest BCUT2D eigenvalue weighted by molar-refractivity contribution is 0.612. The molecule has 1 aromatic carbocycles. The largest absolute Gasteiger partial charge is 0.328 e. The maximum Gasteiger partial charge on any atom is 0.138 e. The van der Waals surface area contributed by atoms with Gasteiger partial charge in [-0.05, 0) is 41.3 Å². The van der Waals surface area contributed by atoms with Gasteiger partial charge in [-0.3, -0.25) is 0 Å². The predicted octanol–water partition coefficient (Wildman–Crippen LogP) is 4.70. The Morgan fingerprint density at radius 3 is 2.90 bits per heavy atom. The van der Waals surface area contributed by atoms with Crippen LogP contribution >= 0.6 is 46.0 Å². The minimum Gasteiger partial charge on any atom is -0.328 e. The molecule has 0 aliphatic heterocycles. The molecule has 1 atom stereocenters. The van der Waals surface area contributed by atoms with E-state index in [1.807, 2.05) is 34.4 Å². The van der Waals surface area contributed by atoms with E-state index in [1.165, 1.54) is 0 Å². The molecule has 0 radical (unpaired) electrons. The number of hydrogen-bond acceptors (Lipinski definition) is 2. The van der Waals surface area contributed by atoms with Gasteiger partial charge in [0.2, 0.25) is 0 Å². The van der Waals surface area contributed by atoms with E-state index >= 15 is 0 Å². The molecule has 0 fully saturated rings. The Balaban J connectivity index is 2.42. The minimum atomic E-state index is -0.186. The van der Waals surface area contributed by atoms with Crippen molar-refractivity contribution in [1.82, 2.24) is 9.55 Å². The van der Waals surface area contributed by atoms with Gasteiger partial charge in [0, 0.05) is 30.2 Å². The first kappa shape index (κ1) is 16.4. The van der Waals surface area contributed by atoms with Crippen molar-refractivity contribution < 1.29 is 4.39 Å². The summed E-state index contributed by atoms with van der Waals surface area (Å²) < 4.78 is 16.5. The molecule has 1 unspecified atom stereocenters. The molecule has 0 N–H and O–H groups in total. The van der Waals surface area contributed by atoms with E-state index in [9.17, 15) is 4.39 Å². The maximum absolute atomic E-state index is 13.8. The van der Waals surface area contributed by atoms with Crippen LogP contribution < -0.4 is 0 Å². The highest BCUT2D eigenvalue weighted by Crippen LogP contribution is 2.23. The van der Waals surface area contributed by atoms with Crippen molar-refractivity contribution >= 4 is 57.0 Å². The third-order valence-corrected chi connectivity index (χ3v) is 5.41. The van der Waals surface area contributed by atoms with Crippen LogP contribution in [0.3, 0.4) is 0 Å². The summed E-state index contributed by atoms with van der Waals surface area (Å²) in [6.45, 7) is 3.05. The zero-order valence-corrected chi connectivity index (χ0v) is 15.2. The molecule has 1 heterocycles. The molecule has 0 saturated heterocycles. The summed E-state index contributed by atoms with van der Waals surface area (Å²) in [5.41, 5.74) is 1.73. The third kappa shape index (κ3) is 3.60. The predicted molar refractivity (Wildman–Crippen MR) is 94.4 cm³/mol. The Labute approximate surface area is 141 Å². The Bertz CT molecular complexity index is 602. The number of hydrogen-bond donors (Lipinski definition) is 0. The zero-order valence-electron chi connectivity index (χ0n) is 11.5. The van der Waals surface area contributed by atoms with Gasteiger partial charge >= 0.3 is 0 Å². The van der Waals surface area contributed by atoms with Gasteiger partial charge in [0.05, 0.1) is 14.6 Å². The Kier molecular flexibility index (Phi) is 5.98. The summed E-state index contributed by atoms with van der Waals surface area (Å²) in [4.78, 5) is 4.61. The number of imidazole rings is 1. The smallest absolute Gasteiger partial charge is 0.138 e. The van der Waals surface area contributed by atoms with Gasteiger partial charge in [0.1, 0.15) is 11.6 Å². The number of aryl methyl sites for hydroxylation is 2. The molecule has 0 aliphatic rings. The summed E-state index contributed by atoms with van der Waals surface area (Å²) in [7, 11) is 0. The number of aromatic nitrogens is 2. The second kappa shape index (κ2) is 7.31. The Morgan fingerprint density at radius 1 is 1.50 bits per heavy atom. The average Bonchev–Trinajstić information content (AvgIpc) is 2.74. The van der Waals surface area contributed by atoms with E-state index < -0.39 is 0 Å². The summed E-state index contributed by atoms with van der Waals surface area (Å²) in [5, 5.41) is 0.574. The Hall–Kier alpha value is -0.0100. The van der Waals surface area contributed by atoms with E-state index in [2.05, 4.69) is 22.7 Å². The molecular weight excluding hydrogens is 410 g/mol. The van der Waals surface area contributed by atoms with Crippen LogP contribution in [0.25, 0.3) is 11.0 Å². The number of thioether (sulfide) groups is 1. The lowest BCUT2D eigenvalue weighted by Crippen LogP contribution is -2.09. The second-order valence-electron chi connectivity index (χ2n) is 4.71. The summed E-state index contributed by atoms with van der Waals surface area (Å²) in [6.07, 6.45) is 3.86. The Morgan fingerprint density at radius 2 is 2.25 bits per heavy atom. The van der Waals surface area contributed by atoms with E-state index in [0.29, 0.717) is 21.1 Å². The molecular formula is C14H17ClFIN2S. The van der Waals surface area contributed by atoms with Crippen molar-refractivity contribution in [3.63, 3.8) is 0 Å². The lowest BCUT2D eigenvalue weighted by atomic mass is 10.3. The molecule has 6 heteroatoms. The van der Waals surface area contributed by atoms with E-state index in [0.717, 1.165) is 29.8 Å². The van der Waals surface area contributed by atoms with Crippen LogP contribution in [0.2, 0.25) is 0 Å². The van der Waals surface area contributed by atoms with E-state index in [-0.39, 0.29) is 5.82 Å². The van der Waals surface area contributed by atoms with Gasteiger partial charge in [0.25, 0.3) is 0 Å². The fourth-order valence-corrected chi connectivity index (χ4v) is 3.08. The molecule has 0 saturated carbocycles. The molecule has 2 aromatic rings. The standard InChI is InChI=1S/C14H17ClFIN2S/c1-9(20-2)4-6-19-13-7-10(16)11(17)8-12(13)18-14(19)3-5-15/h7-9H,3-6H2,1-2H3. The summed E-state index contributed by atoms with van der Waals surface area (Å²) in [6, 6.07) is 3.39. The molecule has 1 aromatic heterocycles. The van der Waals surface area contributed by atoms with E-state index in [1.54, 1.807) is 12.1 Å². The van der Waals surface area contributed by atoms with Crippen LogP contribution in [0.1, 0.15) is 19.2 Å². The van der Waals surface area contributed by atoms with Crippen LogP contribution in [0, 0.1) is 9.39 Å². The zero-order chi connectivity index (χ0) is 14.7. The van der Waals surface area contributed by atoms with Gasteiger partial charge in [-0.2, -0.15) is 11.8 Å². The molecule has 0 amide bonds. The SMILES string of the molecule is CSC(C)CCn1c(CCCl)nc2cc(I)c(F)cc21.